The zero-order valence-corrected chi connectivity index (χ0v) is 14.7. The molecular weight excluding hydrogens is 326 g/mol. The van der Waals surface area contributed by atoms with E-state index in [2.05, 4.69) is 10.2 Å². The third-order valence-electron chi connectivity index (χ3n) is 4.17. The lowest BCUT2D eigenvalue weighted by molar-refractivity contribution is -0.121. The summed E-state index contributed by atoms with van der Waals surface area (Å²) in [5.41, 5.74) is -0.0969. The molecule has 0 bridgehead atoms. The van der Waals surface area contributed by atoms with Gasteiger partial charge < -0.3 is 14.6 Å². The van der Waals surface area contributed by atoms with Crippen LogP contribution in [0, 0.1) is 6.92 Å². The molecule has 3 heterocycles. The Labute approximate surface area is 145 Å². The molecule has 1 saturated heterocycles. The number of hydrogen-bond donors (Lipinski definition) is 1. The number of rotatable bonds is 6. The third-order valence-corrected chi connectivity index (χ3v) is 5.19. The van der Waals surface area contributed by atoms with Gasteiger partial charge in [0.25, 0.3) is 5.56 Å². The Morgan fingerprint density at radius 3 is 2.96 bits per heavy atom. The van der Waals surface area contributed by atoms with Crippen LogP contribution in [-0.4, -0.2) is 54.8 Å². The molecule has 0 aliphatic carbocycles. The Balaban J connectivity index is 1.48. The molecule has 0 unspecified atom stereocenters. The summed E-state index contributed by atoms with van der Waals surface area (Å²) in [5.74, 6) is -0.120. The molecule has 1 N–H and O–H groups in total. The van der Waals surface area contributed by atoms with Gasteiger partial charge in [-0.3, -0.25) is 14.5 Å². The zero-order chi connectivity index (χ0) is 16.9. The van der Waals surface area contributed by atoms with E-state index in [1.165, 1.54) is 4.57 Å². The quantitative estimate of drug-likeness (QED) is 0.797. The minimum Gasteiger partial charge on any atom is -0.379 e. The highest BCUT2D eigenvalue weighted by Crippen LogP contribution is 2.21. The summed E-state index contributed by atoms with van der Waals surface area (Å²) in [5, 5.41) is 3.59. The lowest BCUT2D eigenvalue weighted by Gasteiger charge is -2.26. The maximum Gasteiger partial charge on any atom is 0.259 e. The number of aromatic nitrogens is 1. The number of morpholine rings is 1. The standard InChI is InChI=1S/C17H23N3O3S/c1-13-11-14-15(24-13)3-6-20(17(14)22)12-16(21)18-4-2-5-19-7-9-23-10-8-19/h3,6,11H,2,4-5,7-10,12H2,1H3,(H,18,21). The summed E-state index contributed by atoms with van der Waals surface area (Å²) in [6, 6.07) is 3.79. The van der Waals surface area contributed by atoms with Gasteiger partial charge in [0.2, 0.25) is 5.91 Å². The first-order chi connectivity index (χ1) is 11.6. The monoisotopic (exact) mass is 349 g/mol. The molecule has 1 aliphatic heterocycles. The van der Waals surface area contributed by atoms with E-state index in [-0.39, 0.29) is 18.0 Å². The highest BCUT2D eigenvalue weighted by molar-refractivity contribution is 7.18. The fourth-order valence-corrected chi connectivity index (χ4v) is 3.80. The van der Waals surface area contributed by atoms with Gasteiger partial charge in [-0.2, -0.15) is 0 Å². The van der Waals surface area contributed by atoms with Gasteiger partial charge in [-0.15, -0.1) is 11.3 Å². The molecule has 6 nitrogen and oxygen atoms in total. The van der Waals surface area contributed by atoms with Crippen LogP contribution in [0.1, 0.15) is 11.3 Å². The van der Waals surface area contributed by atoms with E-state index in [1.807, 2.05) is 19.1 Å². The van der Waals surface area contributed by atoms with Crippen LogP contribution in [0.3, 0.4) is 0 Å². The second-order valence-corrected chi connectivity index (χ2v) is 7.33. The minimum atomic E-state index is -0.120. The summed E-state index contributed by atoms with van der Waals surface area (Å²) in [6.45, 7) is 7.15. The number of nitrogens with one attached hydrogen (secondary N) is 1. The average molecular weight is 349 g/mol. The third kappa shape index (κ3) is 4.23. The second kappa shape index (κ2) is 7.92. The topological polar surface area (TPSA) is 63.6 Å². The molecule has 7 heteroatoms. The predicted molar refractivity (Wildman–Crippen MR) is 95.7 cm³/mol. The highest BCUT2D eigenvalue weighted by Gasteiger charge is 2.11. The van der Waals surface area contributed by atoms with Gasteiger partial charge >= 0.3 is 0 Å². The SMILES string of the molecule is Cc1cc2c(=O)n(CC(=O)NCCCN3CCOCC3)ccc2s1. The molecule has 2 aromatic rings. The Kier molecular flexibility index (Phi) is 5.65. The summed E-state index contributed by atoms with van der Waals surface area (Å²) in [6.07, 6.45) is 2.61. The summed E-state index contributed by atoms with van der Waals surface area (Å²) >= 11 is 1.60. The van der Waals surface area contributed by atoms with Crippen molar-refractivity contribution in [3.63, 3.8) is 0 Å². The first kappa shape index (κ1) is 17.1. The molecule has 130 valence electrons. The first-order valence-electron chi connectivity index (χ1n) is 8.30. The molecule has 0 aromatic carbocycles. The van der Waals surface area contributed by atoms with Gasteiger partial charge in [0.1, 0.15) is 6.54 Å². The van der Waals surface area contributed by atoms with E-state index in [1.54, 1.807) is 17.5 Å². The number of aryl methyl sites for hydroxylation is 1. The fraction of sp³-hybridized carbons (Fsp3) is 0.529. The number of fused-ring (bicyclic) bond motifs is 1. The largest absolute Gasteiger partial charge is 0.379 e. The van der Waals surface area contributed by atoms with Crippen molar-refractivity contribution in [1.29, 1.82) is 0 Å². The van der Waals surface area contributed by atoms with Crippen LogP contribution in [0.5, 0.6) is 0 Å². The lowest BCUT2D eigenvalue weighted by atomic mass is 10.3. The number of pyridine rings is 1. The summed E-state index contributed by atoms with van der Waals surface area (Å²) in [7, 11) is 0. The second-order valence-electron chi connectivity index (χ2n) is 6.04. The van der Waals surface area contributed by atoms with E-state index in [0.29, 0.717) is 11.9 Å². The minimum absolute atomic E-state index is 0.0707. The Morgan fingerprint density at radius 2 is 2.17 bits per heavy atom. The number of hydrogen-bond acceptors (Lipinski definition) is 5. The Bertz CT molecular complexity index is 762. The number of carbonyl (C=O) groups excluding carboxylic acids is 1. The smallest absolute Gasteiger partial charge is 0.259 e. The molecule has 1 amide bonds. The van der Waals surface area contributed by atoms with Crippen LogP contribution >= 0.6 is 11.3 Å². The first-order valence-corrected chi connectivity index (χ1v) is 9.11. The Morgan fingerprint density at radius 1 is 1.38 bits per heavy atom. The molecule has 1 aliphatic rings. The number of ether oxygens (including phenoxy) is 1. The van der Waals surface area contributed by atoms with Crippen LogP contribution in [0.2, 0.25) is 0 Å². The number of carbonyl (C=O) groups is 1. The van der Waals surface area contributed by atoms with E-state index >= 15 is 0 Å². The number of thiophene rings is 1. The molecule has 1 fully saturated rings. The van der Waals surface area contributed by atoms with Gasteiger partial charge in [-0.1, -0.05) is 0 Å². The maximum atomic E-state index is 12.4. The van der Waals surface area contributed by atoms with E-state index < -0.39 is 0 Å². The van der Waals surface area contributed by atoms with Crippen molar-refractivity contribution in [2.45, 2.75) is 19.9 Å². The molecule has 0 spiro atoms. The van der Waals surface area contributed by atoms with E-state index in [0.717, 1.165) is 48.8 Å². The summed E-state index contributed by atoms with van der Waals surface area (Å²) in [4.78, 5) is 27.9. The van der Waals surface area contributed by atoms with Crippen LogP contribution < -0.4 is 10.9 Å². The normalized spacial score (nSPS) is 15.7. The van der Waals surface area contributed by atoms with E-state index in [4.69, 9.17) is 4.74 Å². The molecule has 24 heavy (non-hydrogen) atoms. The molecule has 2 aromatic heterocycles. The Hall–Kier alpha value is -1.70. The van der Waals surface area contributed by atoms with Crippen molar-refractivity contribution in [3.05, 3.63) is 33.6 Å². The summed E-state index contributed by atoms with van der Waals surface area (Å²) < 4.78 is 7.76. The highest BCUT2D eigenvalue weighted by atomic mass is 32.1. The van der Waals surface area contributed by atoms with Crippen LogP contribution in [0.4, 0.5) is 0 Å². The van der Waals surface area contributed by atoms with Crippen LogP contribution in [0.25, 0.3) is 10.1 Å². The van der Waals surface area contributed by atoms with Crippen molar-refractivity contribution in [3.8, 4) is 0 Å². The van der Waals surface area contributed by atoms with Gasteiger partial charge in [0, 0.05) is 35.4 Å². The van der Waals surface area contributed by atoms with Crippen molar-refractivity contribution < 1.29 is 9.53 Å². The van der Waals surface area contributed by atoms with Gasteiger partial charge in [0.05, 0.1) is 18.6 Å². The van der Waals surface area contributed by atoms with Crippen molar-refractivity contribution in [1.82, 2.24) is 14.8 Å². The maximum absolute atomic E-state index is 12.4. The molecular formula is C17H23N3O3S. The number of nitrogens with zero attached hydrogens (tertiary/aromatic N) is 2. The van der Waals surface area contributed by atoms with Crippen LogP contribution in [0.15, 0.2) is 23.1 Å². The number of amides is 1. The van der Waals surface area contributed by atoms with E-state index in [9.17, 15) is 9.59 Å². The van der Waals surface area contributed by atoms with Crippen LogP contribution in [-0.2, 0) is 16.1 Å². The molecule has 3 rings (SSSR count). The van der Waals surface area contributed by atoms with Gasteiger partial charge in [0.15, 0.2) is 0 Å². The van der Waals surface area contributed by atoms with Gasteiger partial charge in [-0.05, 0) is 32.0 Å². The molecule has 0 radical (unpaired) electrons. The molecule has 0 atom stereocenters. The lowest BCUT2D eigenvalue weighted by Crippen LogP contribution is -2.38. The average Bonchev–Trinajstić information content (AvgIpc) is 2.97. The van der Waals surface area contributed by atoms with Gasteiger partial charge in [-0.25, -0.2) is 0 Å². The van der Waals surface area contributed by atoms with Crippen molar-refractivity contribution >= 4 is 27.3 Å². The molecule has 0 saturated carbocycles. The predicted octanol–water partition coefficient (Wildman–Crippen LogP) is 1.21. The van der Waals surface area contributed by atoms with Crippen molar-refractivity contribution in [2.75, 3.05) is 39.4 Å². The fourth-order valence-electron chi connectivity index (χ4n) is 2.89. The van der Waals surface area contributed by atoms with Crippen molar-refractivity contribution in [2.24, 2.45) is 0 Å². The zero-order valence-electron chi connectivity index (χ0n) is 13.9.